The third-order valence-electron chi connectivity index (χ3n) is 2.13. The van der Waals surface area contributed by atoms with Gasteiger partial charge in [0.05, 0.1) is 15.7 Å². The zero-order chi connectivity index (χ0) is 11.7. The molecular weight excluding hydrogens is 252 g/mol. The van der Waals surface area contributed by atoms with Gasteiger partial charge in [-0.15, -0.1) is 0 Å². The molecule has 1 aromatic carbocycles. The van der Waals surface area contributed by atoms with Crippen LogP contribution in [-0.2, 0) is 0 Å². The van der Waals surface area contributed by atoms with E-state index in [-0.39, 0.29) is 5.02 Å². The molecule has 2 aromatic rings. The van der Waals surface area contributed by atoms with E-state index in [1.165, 1.54) is 12.1 Å². The van der Waals surface area contributed by atoms with Crippen LogP contribution in [-0.4, -0.2) is 17.2 Å². The summed E-state index contributed by atoms with van der Waals surface area (Å²) in [6.45, 7) is 0. The Kier molecular flexibility index (Phi) is 3.03. The molecule has 0 saturated carbocycles. The molecule has 0 aliphatic carbocycles. The maximum absolute atomic E-state index is 13.3. The molecule has 0 spiro atoms. The first-order valence-electron chi connectivity index (χ1n) is 4.50. The van der Waals surface area contributed by atoms with E-state index in [1.807, 2.05) is 0 Å². The zero-order valence-electron chi connectivity index (χ0n) is 8.31. The maximum atomic E-state index is 13.3. The molecule has 0 aliphatic heterocycles. The quantitative estimate of drug-likeness (QED) is 0.810. The van der Waals surface area contributed by atoms with Gasteiger partial charge in [0.25, 0.3) is 0 Å². The average Bonchev–Trinajstić information content (AvgIpc) is 2.71. The van der Waals surface area contributed by atoms with Crippen LogP contribution in [0.3, 0.4) is 0 Å². The lowest BCUT2D eigenvalue weighted by Gasteiger charge is -2.02. The van der Waals surface area contributed by atoms with Crippen LogP contribution in [0.15, 0.2) is 18.2 Å². The third kappa shape index (κ3) is 1.99. The standard InChI is InChI=1S/C10H8Cl2FN3/c1-14-10-4-9(15-16-10)5-2-8(13)7(12)3-6(5)11/h2-4H,1H3,(H2,14,15,16). The van der Waals surface area contributed by atoms with E-state index in [1.54, 1.807) is 13.1 Å². The van der Waals surface area contributed by atoms with Gasteiger partial charge in [-0.05, 0) is 12.1 Å². The molecule has 0 aliphatic rings. The summed E-state index contributed by atoms with van der Waals surface area (Å²) < 4.78 is 13.3. The zero-order valence-corrected chi connectivity index (χ0v) is 9.83. The summed E-state index contributed by atoms with van der Waals surface area (Å²) in [6, 6.07) is 4.37. The van der Waals surface area contributed by atoms with E-state index in [4.69, 9.17) is 23.2 Å². The lowest BCUT2D eigenvalue weighted by molar-refractivity contribution is 0.628. The minimum Gasteiger partial charge on any atom is -0.372 e. The highest BCUT2D eigenvalue weighted by atomic mass is 35.5. The number of nitrogens with one attached hydrogen (secondary N) is 2. The van der Waals surface area contributed by atoms with Crippen LogP contribution >= 0.6 is 23.2 Å². The van der Waals surface area contributed by atoms with Crippen molar-refractivity contribution < 1.29 is 4.39 Å². The molecular formula is C10H8Cl2FN3. The molecule has 0 amide bonds. The number of aromatic amines is 1. The van der Waals surface area contributed by atoms with Crippen molar-refractivity contribution in [3.63, 3.8) is 0 Å². The lowest BCUT2D eigenvalue weighted by Crippen LogP contribution is -1.85. The van der Waals surface area contributed by atoms with Crippen molar-refractivity contribution in [3.8, 4) is 11.3 Å². The van der Waals surface area contributed by atoms with Crippen molar-refractivity contribution in [2.24, 2.45) is 0 Å². The van der Waals surface area contributed by atoms with Crippen LogP contribution in [0.5, 0.6) is 0 Å². The second kappa shape index (κ2) is 4.31. The van der Waals surface area contributed by atoms with Gasteiger partial charge in [0.15, 0.2) is 0 Å². The SMILES string of the molecule is CNc1cc(-c2cc(F)c(Cl)cc2Cl)[nH]n1. The van der Waals surface area contributed by atoms with Crippen molar-refractivity contribution >= 4 is 29.0 Å². The van der Waals surface area contributed by atoms with Gasteiger partial charge < -0.3 is 5.32 Å². The molecule has 3 nitrogen and oxygen atoms in total. The molecule has 2 rings (SSSR count). The van der Waals surface area contributed by atoms with Crippen molar-refractivity contribution in [1.82, 2.24) is 10.2 Å². The smallest absolute Gasteiger partial charge is 0.148 e. The molecule has 84 valence electrons. The number of halogens is 3. The van der Waals surface area contributed by atoms with Crippen LogP contribution in [0, 0.1) is 5.82 Å². The number of aromatic nitrogens is 2. The Morgan fingerprint density at radius 3 is 2.62 bits per heavy atom. The molecule has 6 heteroatoms. The monoisotopic (exact) mass is 259 g/mol. The van der Waals surface area contributed by atoms with Crippen LogP contribution in [0.25, 0.3) is 11.3 Å². The molecule has 2 N–H and O–H groups in total. The van der Waals surface area contributed by atoms with Crippen molar-refractivity contribution in [1.29, 1.82) is 0 Å². The van der Waals surface area contributed by atoms with Gasteiger partial charge in [-0.2, -0.15) is 5.10 Å². The highest BCUT2D eigenvalue weighted by Gasteiger charge is 2.11. The lowest BCUT2D eigenvalue weighted by atomic mass is 10.1. The maximum Gasteiger partial charge on any atom is 0.148 e. The number of rotatable bonds is 2. The van der Waals surface area contributed by atoms with E-state index in [0.717, 1.165) is 0 Å². The van der Waals surface area contributed by atoms with Crippen molar-refractivity contribution in [2.75, 3.05) is 12.4 Å². The topological polar surface area (TPSA) is 40.7 Å². The Hall–Kier alpha value is -1.26. The number of H-pyrrole nitrogens is 1. The fourth-order valence-corrected chi connectivity index (χ4v) is 1.80. The number of anilines is 1. The molecule has 0 saturated heterocycles. The van der Waals surface area contributed by atoms with Crippen molar-refractivity contribution in [2.45, 2.75) is 0 Å². The van der Waals surface area contributed by atoms with E-state index >= 15 is 0 Å². The van der Waals surface area contributed by atoms with E-state index < -0.39 is 5.82 Å². The number of benzene rings is 1. The van der Waals surface area contributed by atoms with Gasteiger partial charge in [-0.3, -0.25) is 5.10 Å². The highest BCUT2D eigenvalue weighted by molar-refractivity contribution is 6.36. The van der Waals surface area contributed by atoms with Gasteiger partial charge in [0, 0.05) is 18.7 Å². The third-order valence-corrected chi connectivity index (χ3v) is 2.74. The van der Waals surface area contributed by atoms with Crippen LogP contribution in [0.4, 0.5) is 10.2 Å². The fourth-order valence-electron chi connectivity index (χ4n) is 1.32. The van der Waals surface area contributed by atoms with Crippen molar-refractivity contribution in [3.05, 3.63) is 34.1 Å². The Balaban J connectivity index is 2.51. The second-order valence-corrected chi connectivity index (χ2v) is 3.98. The minimum absolute atomic E-state index is 0.00195. The molecule has 0 atom stereocenters. The van der Waals surface area contributed by atoms with Gasteiger partial charge in [-0.1, -0.05) is 23.2 Å². The van der Waals surface area contributed by atoms with Gasteiger partial charge >= 0.3 is 0 Å². The molecule has 0 fully saturated rings. The van der Waals surface area contributed by atoms with Crippen LogP contribution in [0.2, 0.25) is 10.0 Å². The Bertz CT molecular complexity index is 525. The van der Waals surface area contributed by atoms with Gasteiger partial charge in [0.2, 0.25) is 0 Å². The summed E-state index contributed by atoms with van der Waals surface area (Å²) in [4.78, 5) is 0. The Labute approximate surface area is 102 Å². The minimum atomic E-state index is -0.512. The largest absolute Gasteiger partial charge is 0.372 e. The summed E-state index contributed by atoms with van der Waals surface area (Å²) in [7, 11) is 1.74. The molecule has 16 heavy (non-hydrogen) atoms. The number of nitrogens with zero attached hydrogens (tertiary/aromatic N) is 1. The first-order chi connectivity index (χ1) is 7.61. The predicted molar refractivity (Wildman–Crippen MR) is 63.5 cm³/mol. The molecule has 0 radical (unpaired) electrons. The second-order valence-electron chi connectivity index (χ2n) is 3.16. The molecule has 1 heterocycles. The van der Waals surface area contributed by atoms with Gasteiger partial charge in [0.1, 0.15) is 11.6 Å². The van der Waals surface area contributed by atoms with E-state index in [0.29, 0.717) is 22.1 Å². The molecule has 0 unspecified atom stereocenters. The first kappa shape index (κ1) is 11.2. The summed E-state index contributed by atoms with van der Waals surface area (Å²) in [6.07, 6.45) is 0. The normalized spacial score (nSPS) is 10.5. The first-order valence-corrected chi connectivity index (χ1v) is 5.25. The van der Waals surface area contributed by atoms with E-state index in [9.17, 15) is 4.39 Å². The summed E-state index contributed by atoms with van der Waals surface area (Å²) in [5.74, 6) is 0.142. The predicted octanol–water partition coefficient (Wildman–Crippen LogP) is 3.56. The highest BCUT2D eigenvalue weighted by Crippen LogP contribution is 2.31. The average molecular weight is 260 g/mol. The van der Waals surface area contributed by atoms with Gasteiger partial charge in [-0.25, -0.2) is 4.39 Å². The Morgan fingerprint density at radius 1 is 1.25 bits per heavy atom. The number of hydrogen-bond acceptors (Lipinski definition) is 2. The van der Waals surface area contributed by atoms with E-state index in [2.05, 4.69) is 15.5 Å². The molecule has 1 aromatic heterocycles. The Morgan fingerprint density at radius 2 is 2.00 bits per heavy atom. The summed E-state index contributed by atoms with van der Waals surface area (Å²) >= 11 is 11.6. The number of hydrogen-bond donors (Lipinski definition) is 2. The van der Waals surface area contributed by atoms with Crippen LogP contribution in [0.1, 0.15) is 0 Å². The molecule has 0 bridgehead atoms. The summed E-state index contributed by atoms with van der Waals surface area (Å²) in [5, 5.41) is 9.94. The fraction of sp³-hybridized carbons (Fsp3) is 0.100. The van der Waals surface area contributed by atoms with Crippen LogP contribution < -0.4 is 5.32 Å². The summed E-state index contributed by atoms with van der Waals surface area (Å²) in [5.41, 5.74) is 1.16.